The van der Waals surface area contributed by atoms with Crippen molar-refractivity contribution in [3.8, 4) is 0 Å². The van der Waals surface area contributed by atoms with Crippen molar-refractivity contribution >= 4 is 11.7 Å². The summed E-state index contributed by atoms with van der Waals surface area (Å²) in [5.74, 6) is 0. The van der Waals surface area contributed by atoms with Crippen LogP contribution >= 0.6 is 0 Å². The number of nitrogens with zero attached hydrogens (tertiary/aromatic N) is 1. The lowest BCUT2D eigenvalue weighted by atomic mass is 10.1. The van der Waals surface area contributed by atoms with E-state index in [9.17, 15) is 18.0 Å². The van der Waals surface area contributed by atoms with E-state index < -0.39 is 18.8 Å². The normalized spacial score (nSPS) is 13.7. The van der Waals surface area contributed by atoms with Gasteiger partial charge in [0.1, 0.15) is 6.61 Å². The first kappa shape index (κ1) is 18.5. The van der Waals surface area contributed by atoms with Crippen molar-refractivity contribution in [1.29, 1.82) is 0 Å². The topological polar surface area (TPSA) is 61.8 Å². The second-order valence-electron chi connectivity index (χ2n) is 5.65. The Morgan fingerprint density at radius 2 is 2.00 bits per heavy atom. The quantitative estimate of drug-likeness (QED) is 0.746. The van der Waals surface area contributed by atoms with E-state index >= 15 is 0 Å². The molecule has 1 aliphatic rings. The van der Waals surface area contributed by atoms with Crippen LogP contribution in [0, 0.1) is 0 Å². The van der Waals surface area contributed by atoms with E-state index in [4.69, 9.17) is 5.11 Å². The molecule has 0 saturated heterocycles. The average Bonchev–Trinajstić information content (AvgIpc) is 2.97. The first-order valence-electron chi connectivity index (χ1n) is 7.82. The largest absolute Gasteiger partial charge is 0.411 e. The molecule has 0 aromatic heterocycles. The Balaban J connectivity index is 1.86. The minimum absolute atomic E-state index is 0.0200. The maximum absolute atomic E-state index is 12.2. The number of carbonyl (C=O) groups is 1. The molecular weight excluding hydrogens is 325 g/mol. The predicted octanol–water partition coefficient (Wildman–Crippen LogP) is 2.58. The number of fused-ring (bicyclic) bond motifs is 1. The number of aliphatic hydroxyl groups excluding tert-OH is 1. The third-order valence-electron chi connectivity index (χ3n) is 3.78. The number of aliphatic hydroxyl groups is 1. The van der Waals surface area contributed by atoms with E-state index in [-0.39, 0.29) is 26.3 Å². The monoisotopic (exact) mass is 346 g/mol. The van der Waals surface area contributed by atoms with Gasteiger partial charge in [-0.05, 0) is 42.5 Å². The third-order valence-corrected chi connectivity index (χ3v) is 3.78. The lowest BCUT2D eigenvalue weighted by molar-refractivity contribution is -0.174. The Hall–Kier alpha value is -1.80. The molecule has 1 aromatic rings. The van der Waals surface area contributed by atoms with Crippen LogP contribution in [0.5, 0.6) is 0 Å². The second-order valence-corrected chi connectivity index (χ2v) is 5.65. The van der Waals surface area contributed by atoms with Gasteiger partial charge in [0.15, 0.2) is 0 Å². The predicted molar refractivity (Wildman–Crippen MR) is 83.0 cm³/mol. The summed E-state index contributed by atoms with van der Waals surface area (Å²) < 4.78 is 40.6. The Bertz CT molecular complexity index is 564. The van der Waals surface area contributed by atoms with Gasteiger partial charge in [0.25, 0.3) is 0 Å². The molecular formula is C16H21F3N2O3. The number of anilines is 1. The van der Waals surface area contributed by atoms with Gasteiger partial charge in [-0.15, -0.1) is 0 Å². The summed E-state index contributed by atoms with van der Waals surface area (Å²) in [7, 11) is 0. The maximum atomic E-state index is 12.2. The number of benzene rings is 1. The van der Waals surface area contributed by atoms with Crippen LogP contribution in [0.3, 0.4) is 0 Å². The van der Waals surface area contributed by atoms with Gasteiger partial charge >= 0.3 is 12.2 Å². The fourth-order valence-electron chi connectivity index (χ4n) is 2.65. The van der Waals surface area contributed by atoms with Crippen LogP contribution in [0.25, 0.3) is 0 Å². The zero-order chi connectivity index (χ0) is 17.6. The highest BCUT2D eigenvalue weighted by Gasteiger charge is 2.27. The smallest absolute Gasteiger partial charge is 0.395 e. The molecule has 5 nitrogen and oxygen atoms in total. The third kappa shape index (κ3) is 5.68. The molecule has 0 aliphatic heterocycles. The second kappa shape index (κ2) is 8.34. The van der Waals surface area contributed by atoms with Crippen molar-refractivity contribution in [3.05, 3.63) is 29.3 Å². The molecule has 0 bridgehead atoms. The summed E-state index contributed by atoms with van der Waals surface area (Å²) in [5, 5.41) is 11.7. The van der Waals surface area contributed by atoms with Gasteiger partial charge in [-0.1, -0.05) is 6.07 Å². The highest BCUT2D eigenvalue weighted by atomic mass is 19.4. The summed E-state index contributed by atoms with van der Waals surface area (Å²) in [6.45, 7) is -1.90. The number of nitrogens with one attached hydrogen (secondary N) is 1. The van der Waals surface area contributed by atoms with Gasteiger partial charge in [-0.3, -0.25) is 0 Å². The molecule has 2 amide bonds. The van der Waals surface area contributed by atoms with E-state index in [0.717, 1.165) is 19.3 Å². The number of halogens is 3. The number of alkyl halides is 3. The summed E-state index contributed by atoms with van der Waals surface area (Å²) in [6.07, 6.45) is -1.28. The molecule has 1 aliphatic carbocycles. The van der Waals surface area contributed by atoms with Gasteiger partial charge in [0.05, 0.1) is 13.2 Å². The van der Waals surface area contributed by atoms with Crippen LogP contribution in [0.15, 0.2) is 18.2 Å². The number of hydrogen-bond acceptors (Lipinski definition) is 3. The molecule has 0 radical (unpaired) electrons. The molecule has 1 aromatic carbocycles. The minimum atomic E-state index is -4.39. The minimum Gasteiger partial charge on any atom is -0.395 e. The summed E-state index contributed by atoms with van der Waals surface area (Å²) >= 11 is 0. The van der Waals surface area contributed by atoms with Crippen molar-refractivity contribution in [3.63, 3.8) is 0 Å². The molecule has 134 valence electrons. The number of rotatable bonds is 7. The molecule has 24 heavy (non-hydrogen) atoms. The average molecular weight is 346 g/mol. The number of ether oxygens (including phenoxy) is 1. The van der Waals surface area contributed by atoms with E-state index in [0.29, 0.717) is 5.69 Å². The summed E-state index contributed by atoms with van der Waals surface area (Å²) in [4.78, 5) is 13.4. The molecule has 0 atom stereocenters. The van der Waals surface area contributed by atoms with E-state index in [1.165, 1.54) is 16.0 Å². The fraction of sp³-hybridized carbons (Fsp3) is 0.562. The highest BCUT2D eigenvalue weighted by Crippen LogP contribution is 2.25. The Morgan fingerprint density at radius 3 is 2.71 bits per heavy atom. The molecule has 0 saturated carbocycles. The fourth-order valence-corrected chi connectivity index (χ4v) is 2.65. The van der Waals surface area contributed by atoms with Crippen LogP contribution in [0.4, 0.5) is 23.7 Å². The van der Waals surface area contributed by atoms with Crippen LogP contribution in [0.2, 0.25) is 0 Å². The Labute approximate surface area is 138 Å². The Morgan fingerprint density at radius 1 is 1.25 bits per heavy atom. The number of amides is 2. The van der Waals surface area contributed by atoms with Crippen LogP contribution in [0.1, 0.15) is 17.5 Å². The Kier molecular flexibility index (Phi) is 6.44. The van der Waals surface area contributed by atoms with Gasteiger partial charge in [-0.2, -0.15) is 13.2 Å². The molecule has 0 spiro atoms. The van der Waals surface area contributed by atoms with Crippen molar-refractivity contribution in [2.24, 2.45) is 0 Å². The van der Waals surface area contributed by atoms with Crippen molar-refractivity contribution in [2.75, 3.05) is 38.2 Å². The summed E-state index contributed by atoms with van der Waals surface area (Å²) in [5.41, 5.74) is 3.12. The molecule has 0 heterocycles. The lowest BCUT2D eigenvalue weighted by Crippen LogP contribution is -2.39. The SMILES string of the molecule is O=C(Nc1ccc2c(c1)CCC2)N(CCO)CCOCC(F)(F)F. The summed E-state index contributed by atoms with van der Waals surface area (Å²) in [6, 6.07) is 5.22. The van der Waals surface area contributed by atoms with Crippen molar-refractivity contribution < 1.29 is 27.8 Å². The van der Waals surface area contributed by atoms with Crippen molar-refractivity contribution in [1.82, 2.24) is 4.90 Å². The number of urea groups is 1. The maximum Gasteiger partial charge on any atom is 0.411 e. The highest BCUT2D eigenvalue weighted by molar-refractivity contribution is 5.89. The molecule has 0 unspecified atom stereocenters. The van der Waals surface area contributed by atoms with Gasteiger partial charge in [-0.25, -0.2) is 4.79 Å². The number of carbonyl (C=O) groups excluding carboxylic acids is 1. The van der Waals surface area contributed by atoms with Crippen LogP contribution < -0.4 is 5.32 Å². The van der Waals surface area contributed by atoms with Crippen LogP contribution in [-0.2, 0) is 17.6 Å². The molecule has 8 heteroatoms. The zero-order valence-electron chi connectivity index (χ0n) is 13.2. The van der Waals surface area contributed by atoms with Crippen LogP contribution in [-0.4, -0.2) is 55.1 Å². The van der Waals surface area contributed by atoms with Gasteiger partial charge in [0, 0.05) is 18.8 Å². The molecule has 2 N–H and O–H groups in total. The lowest BCUT2D eigenvalue weighted by Gasteiger charge is -2.22. The van der Waals surface area contributed by atoms with E-state index in [1.807, 2.05) is 12.1 Å². The molecule has 0 fully saturated rings. The first-order chi connectivity index (χ1) is 11.4. The van der Waals surface area contributed by atoms with E-state index in [2.05, 4.69) is 10.1 Å². The van der Waals surface area contributed by atoms with E-state index in [1.54, 1.807) is 6.07 Å². The standard InChI is InChI=1S/C16H21F3N2O3/c17-16(18,19)11-24-9-7-21(6-8-22)15(23)20-14-5-4-12-2-1-3-13(12)10-14/h4-5,10,22H,1-3,6-9,11H2,(H,20,23). The number of hydrogen-bond donors (Lipinski definition) is 2. The van der Waals surface area contributed by atoms with Gasteiger partial charge in [0.2, 0.25) is 0 Å². The zero-order valence-corrected chi connectivity index (χ0v) is 13.2. The van der Waals surface area contributed by atoms with Crippen molar-refractivity contribution in [2.45, 2.75) is 25.4 Å². The molecule has 2 rings (SSSR count). The number of aryl methyl sites for hydroxylation is 2. The van der Waals surface area contributed by atoms with Gasteiger partial charge < -0.3 is 20.1 Å². The first-order valence-corrected chi connectivity index (χ1v) is 7.82.